The number of rotatable bonds is 23. The molecule has 3 aliphatic heterocycles. The molecule has 404 valence electrons. The van der Waals surface area contributed by atoms with E-state index in [4.69, 9.17) is 53.3 Å². The molecule has 1 saturated heterocycles. The lowest BCUT2D eigenvalue weighted by molar-refractivity contribution is -0.169. The van der Waals surface area contributed by atoms with Crippen LogP contribution >= 0.6 is 46.2 Å². The first-order valence-electron chi connectivity index (χ1n) is 21.9. The Labute approximate surface area is 439 Å². The highest BCUT2D eigenvalue weighted by molar-refractivity contribution is 8.00. The minimum absolute atomic E-state index is 0.0236. The number of thioether (sulfide) groups is 2. The lowest BCUT2D eigenvalue weighted by atomic mass is 10.0. The van der Waals surface area contributed by atoms with Crippen LogP contribution in [0.15, 0.2) is 43.6 Å². The molecule has 0 radical (unpaired) electrons. The van der Waals surface area contributed by atoms with Crippen molar-refractivity contribution in [1.82, 2.24) is 30.8 Å². The smallest absolute Gasteiger partial charge is 0.431 e. The molecule has 2 aromatic heterocycles. The summed E-state index contributed by atoms with van der Waals surface area (Å²) in [6.07, 6.45) is -5.99. The first kappa shape index (κ1) is 58.2. The Bertz CT molecular complexity index is 2570. The Hall–Kier alpha value is -6.74. The first-order valence-corrected chi connectivity index (χ1v) is 25.8. The van der Waals surface area contributed by atoms with Crippen molar-refractivity contribution in [1.29, 1.82) is 0 Å². The Morgan fingerprint density at radius 2 is 1.30 bits per heavy atom. The van der Waals surface area contributed by atoms with Gasteiger partial charge in [-0.1, -0.05) is 10.3 Å². The van der Waals surface area contributed by atoms with Crippen molar-refractivity contribution < 1.29 is 85.9 Å². The van der Waals surface area contributed by atoms with E-state index in [-0.39, 0.29) is 63.5 Å². The molecule has 2 aromatic rings. The molecule has 5 heterocycles. The third kappa shape index (κ3) is 15.2. The van der Waals surface area contributed by atoms with Crippen LogP contribution in [-0.4, -0.2) is 175 Å². The number of esters is 2. The molecular formula is C42H54N10O18S4. The van der Waals surface area contributed by atoms with Gasteiger partial charge in [-0.2, -0.15) is 0 Å². The summed E-state index contributed by atoms with van der Waals surface area (Å²) in [4.78, 5) is 127. The molecule has 0 unspecified atom stereocenters. The lowest BCUT2D eigenvalue weighted by Crippen LogP contribution is -2.71. The quantitative estimate of drug-likeness (QED) is 0.0264. The summed E-state index contributed by atoms with van der Waals surface area (Å²) in [5, 5.41) is 19.3. The number of thiazole rings is 2. The van der Waals surface area contributed by atoms with Crippen molar-refractivity contribution in [2.75, 3.05) is 64.2 Å². The molecule has 6 atom stereocenters. The number of hydrogen-bond donors (Lipinski definition) is 5. The Balaban J connectivity index is 1.35. The van der Waals surface area contributed by atoms with Crippen molar-refractivity contribution in [2.45, 2.75) is 89.2 Å². The summed E-state index contributed by atoms with van der Waals surface area (Å²) in [7, 11) is 5.15. The fraction of sp³-hybridized carbons (Fsp3) is 0.524. The van der Waals surface area contributed by atoms with Crippen molar-refractivity contribution in [3.8, 4) is 0 Å². The molecule has 3 aliphatic rings. The molecule has 28 nitrogen and oxygen atoms in total. The summed E-state index contributed by atoms with van der Waals surface area (Å²) in [5.74, 6) is -5.20. The van der Waals surface area contributed by atoms with Gasteiger partial charge in [0, 0.05) is 50.3 Å². The van der Waals surface area contributed by atoms with E-state index in [9.17, 15) is 38.4 Å². The van der Waals surface area contributed by atoms with E-state index in [0.29, 0.717) is 11.1 Å². The van der Waals surface area contributed by atoms with Gasteiger partial charge in [-0.25, -0.2) is 29.1 Å². The normalized spacial score (nSPS) is 18.9. The summed E-state index contributed by atoms with van der Waals surface area (Å²) in [6.45, 7) is 8.88. The van der Waals surface area contributed by atoms with Crippen molar-refractivity contribution in [3.63, 3.8) is 0 Å². The van der Waals surface area contributed by atoms with Crippen molar-refractivity contribution >= 4 is 116 Å². The number of nitrogens with zero attached hydrogens (tertiary/aromatic N) is 5. The van der Waals surface area contributed by atoms with Gasteiger partial charge in [0.1, 0.15) is 59.8 Å². The predicted molar refractivity (Wildman–Crippen MR) is 265 cm³/mol. The topological polar surface area (TPSA) is 357 Å². The van der Waals surface area contributed by atoms with Crippen LogP contribution in [0.1, 0.15) is 52.9 Å². The number of ether oxygens (including phenoxy) is 8. The van der Waals surface area contributed by atoms with Gasteiger partial charge in [0.2, 0.25) is 12.6 Å². The molecular weight excluding hydrogens is 1060 g/mol. The van der Waals surface area contributed by atoms with Gasteiger partial charge >= 0.3 is 24.2 Å². The average Bonchev–Trinajstić information content (AvgIpc) is 3.98. The number of oxime groups is 2. The van der Waals surface area contributed by atoms with Crippen LogP contribution in [0, 0.1) is 0 Å². The Kier molecular flexibility index (Phi) is 21.2. The Morgan fingerprint density at radius 1 is 0.743 bits per heavy atom. The second kappa shape index (κ2) is 27.0. The van der Waals surface area contributed by atoms with E-state index in [1.54, 1.807) is 27.7 Å². The maximum Gasteiger partial charge on any atom is 0.511 e. The summed E-state index contributed by atoms with van der Waals surface area (Å²) >= 11 is 4.18. The maximum atomic E-state index is 14.4. The first-order chi connectivity index (χ1) is 35.2. The highest BCUT2D eigenvalue weighted by atomic mass is 32.2. The molecule has 5 rings (SSSR count). The monoisotopic (exact) mass is 1110 g/mol. The van der Waals surface area contributed by atoms with E-state index in [1.165, 1.54) is 57.7 Å². The van der Waals surface area contributed by atoms with Crippen LogP contribution in [0.3, 0.4) is 0 Å². The number of carbonyl (C=O) groups excluding carboxylic acids is 8. The van der Waals surface area contributed by atoms with Gasteiger partial charge < -0.3 is 74.6 Å². The number of anilines is 2. The maximum absolute atomic E-state index is 14.4. The number of carbonyl (C=O) groups is 8. The van der Waals surface area contributed by atoms with Crippen LogP contribution in [0.25, 0.3) is 0 Å². The standard InChI is InChI=1S/C42H54N10O18S4/c1-17(2)65-41(59)69-19(5)67-37(57)25-21(11-61-7)13-71-34(48-25)28(46-31(53)26(50-63-9)23-15-73-39(43)44-23)33(55)49-40-45-24(16-74-40)27(51-64-10)32(54)47-29-35(56)52-30(22(12-62-8)14-72-36(29)52)38(58)68-20(6)70-42(60)66-18(3)4/h15-20,28-29,34,36,48H,11-14H2,1-10H3,(H2,43,44)(H,46,53)(H,47,54)(H,45,49,55)/b50-26-,51-27-/t19-,20-,28-,29-,34-,36-/m1/s1. The van der Waals surface area contributed by atoms with Crippen LogP contribution in [0.2, 0.25) is 0 Å². The van der Waals surface area contributed by atoms with E-state index < -0.39 is 101 Å². The zero-order valence-electron chi connectivity index (χ0n) is 41.4. The van der Waals surface area contributed by atoms with E-state index in [1.807, 2.05) is 0 Å². The number of nitrogens with one attached hydrogen (secondary N) is 4. The summed E-state index contributed by atoms with van der Waals surface area (Å²) in [6, 6.07) is -2.77. The second-order valence-corrected chi connectivity index (χ2v) is 19.8. The molecule has 0 bridgehead atoms. The van der Waals surface area contributed by atoms with E-state index in [2.05, 4.69) is 41.5 Å². The van der Waals surface area contributed by atoms with Gasteiger partial charge in [-0.05, 0) is 38.8 Å². The molecule has 6 N–H and O–H groups in total. The summed E-state index contributed by atoms with van der Waals surface area (Å²) in [5.41, 5.74) is 5.44. The minimum Gasteiger partial charge on any atom is -0.431 e. The van der Waals surface area contributed by atoms with E-state index in [0.717, 1.165) is 46.4 Å². The summed E-state index contributed by atoms with van der Waals surface area (Å²) < 4.78 is 41.2. The zero-order chi connectivity index (χ0) is 54.4. The van der Waals surface area contributed by atoms with Crippen molar-refractivity contribution in [2.24, 2.45) is 10.3 Å². The number of methoxy groups -OCH3 is 2. The highest BCUT2D eigenvalue weighted by Crippen LogP contribution is 2.41. The highest BCUT2D eigenvalue weighted by Gasteiger charge is 2.55. The predicted octanol–water partition coefficient (Wildman–Crippen LogP) is 1.77. The molecule has 4 amide bonds. The fourth-order valence-electron chi connectivity index (χ4n) is 6.66. The lowest BCUT2D eigenvalue weighted by Gasteiger charge is -2.49. The molecule has 74 heavy (non-hydrogen) atoms. The number of aromatic nitrogens is 2. The molecule has 32 heteroatoms. The third-order valence-corrected chi connectivity index (χ3v) is 13.6. The number of nitrogen functional groups attached to an aromatic ring is 1. The zero-order valence-corrected chi connectivity index (χ0v) is 44.7. The molecule has 1 fully saturated rings. The van der Waals surface area contributed by atoms with E-state index >= 15 is 0 Å². The number of fused-ring (bicyclic) bond motifs is 1. The number of hydrogen-bond acceptors (Lipinski definition) is 28. The van der Waals surface area contributed by atoms with Crippen molar-refractivity contribution in [3.05, 3.63) is 44.7 Å². The van der Waals surface area contributed by atoms with Gasteiger partial charge in [-0.3, -0.25) is 24.1 Å². The van der Waals surface area contributed by atoms with Gasteiger partial charge in [-0.15, -0.1) is 46.2 Å². The molecule has 0 aromatic carbocycles. The van der Waals surface area contributed by atoms with Crippen LogP contribution in [0.5, 0.6) is 0 Å². The largest absolute Gasteiger partial charge is 0.511 e. The molecule has 0 aliphatic carbocycles. The number of amides is 4. The Morgan fingerprint density at radius 3 is 1.86 bits per heavy atom. The molecule has 0 spiro atoms. The van der Waals surface area contributed by atoms with Gasteiger partial charge in [0.25, 0.3) is 23.6 Å². The SMILES string of the molecule is COCC1=C(C(=O)O[C@@H](C)OC(=O)OC(C)C)N[C@@H]([C@H](NC(=O)/C(=N\OC)c2csc(N)n2)C(=O)Nc2nc(/C(=N/OC)C(=O)N[C@@H]3C(=O)N4C(C(=O)O[C@@H](C)OC(=O)OC(C)C)=C(COC)CS[C@H]34)cs2)SC1. The van der Waals surface area contributed by atoms with Crippen LogP contribution in [-0.2, 0) is 76.3 Å². The van der Waals surface area contributed by atoms with Crippen LogP contribution in [0.4, 0.5) is 19.9 Å². The number of β-lactam (4-membered cyclic amide) rings is 1. The number of nitrogens with two attached hydrogens (primary N) is 1. The second-order valence-electron chi connectivity index (χ2n) is 15.8. The van der Waals surface area contributed by atoms with Gasteiger partial charge in [0.15, 0.2) is 21.7 Å². The van der Waals surface area contributed by atoms with Crippen LogP contribution < -0.4 is 27.0 Å². The minimum atomic E-state index is -1.58. The average molecular weight is 1120 g/mol. The fourth-order valence-corrected chi connectivity index (χ4v) is 10.4. The molecule has 0 saturated carbocycles. The third-order valence-electron chi connectivity index (χ3n) is 9.59. The van der Waals surface area contributed by atoms with Gasteiger partial charge in [0.05, 0.1) is 25.4 Å².